The molecule has 0 saturated carbocycles. The summed E-state index contributed by atoms with van der Waals surface area (Å²) in [6.07, 6.45) is 3.69. The van der Waals surface area contributed by atoms with Gasteiger partial charge in [-0.3, -0.25) is 9.69 Å². The predicted molar refractivity (Wildman–Crippen MR) is 132 cm³/mol. The standard InChI is InChI=1S/C28H33FN2O4/c1-19-22(13-16-35-19)28(33)30(2)25(17-21-7-4-5-8-24(21)29)20-11-14-31(15-12-20)18-23-26(32)9-6-10-27(23)34-3/h4-10,13,16,20,25,32H,11-12,14-15,17-18H2,1-3H3/t25-/m1/s1. The summed E-state index contributed by atoms with van der Waals surface area (Å²) in [6, 6.07) is 13.6. The van der Waals surface area contributed by atoms with E-state index in [-0.39, 0.29) is 29.4 Å². The second-order valence-electron chi connectivity index (χ2n) is 9.24. The summed E-state index contributed by atoms with van der Waals surface area (Å²) in [4.78, 5) is 17.4. The molecule has 6 nitrogen and oxygen atoms in total. The van der Waals surface area contributed by atoms with E-state index < -0.39 is 0 Å². The summed E-state index contributed by atoms with van der Waals surface area (Å²) in [5.41, 5.74) is 1.93. The van der Waals surface area contributed by atoms with Crippen LogP contribution in [0.15, 0.2) is 59.2 Å². The third-order valence-electron chi connectivity index (χ3n) is 7.18. The summed E-state index contributed by atoms with van der Waals surface area (Å²) in [5, 5.41) is 10.3. The van der Waals surface area contributed by atoms with Crippen molar-refractivity contribution in [2.75, 3.05) is 27.2 Å². The van der Waals surface area contributed by atoms with Crippen LogP contribution in [-0.2, 0) is 13.0 Å². The van der Waals surface area contributed by atoms with E-state index in [1.54, 1.807) is 56.3 Å². The lowest BCUT2D eigenvalue weighted by molar-refractivity contribution is 0.0580. The number of benzene rings is 2. The lowest BCUT2D eigenvalue weighted by Crippen LogP contribution is -2.47. The van der Waals surface area contributed by atoms with Crippen LogP contribution in [0.3, 0.4) is 0 Å². The average Bonchev–Trinajstić information content (AvgIpc) is 3.30. The Morgan fingerprint density at radius 1 is 1.20 bits per heavy atom. The molecule has 0 aliphatic carbocycles. The lowest BCUT2D eigenvalue weighted by Gasteiger charge is -2.40. The zero-order valence-corrected chi connectivity index (χ0v) is 20.5. The van der Waals surface area contributed by atoms with Crippen molar-refractivity contribution in [2.45, 2.75) is 38.8 Å². The minimum Gasteiger partial charge on any atom is -0.507 e. The first-order valence-electron chi connectivity index (χ1n) is 12.0. The molecule has 7 heteroatoms. The molecule has 2 aromatic carbocycles. The molecule has 35 heavy (non-hydrogen) atoms. The molecule has 186 valence electrons. The van der Waals surface area contributed by atoms with Gasteiger partial charge in [-0.15, -0.1) is 0 Å². The van der Waals surface area contributed by atoms with Crippen LogP contribution in [0, 0.1) is 18.7 Å². The van der Waals surface area contributed by atoms with Crippen LogP contribution in [0.4, 0.5) is 4.39 Å². The molecule has 0 bridgehead atoms. The number of ether oxygens (including phenoxy) is 1. The molecule has 1 N–H and O–H groups in total. The number of furan rings is 1. The van der Waals surface area contributed by atoms with Gasteiger partial charge in [-0.05, 0) is 75.0 Å². The summed E-state index contributed by atoms with van der Waals surface area (Å²) in [7, 11) is 3.41. The van der Waals surface area contributed by atoms with E-state index in [0.717, 1.165) is 31.5 Å². The van der Waals surface area contributed by atoms with Gasteiger partial charge in [-0.25, -0.2) is 4.39 Å². The fraction of sp³-hybridized carbons (Fsp3) is 0.393. The largest absolute Gasteiger partial charge is 0.507 e. The molecular weight excluding hydrogens is 447 g/mol. The number of nitrogens with zero attached hydrogens (tertiary/aromatic N) is 2. The first-order chi connectivity index (χ1) is 16.9. The highest BCUT2D eigenvalue weighted by molar-refractivity contribution is 5.95. The number of methoxy groups -OCH3 is 1. The number of likely N-dealkylation sites (tertiary alicyclic amines) is 1. The maximum atomic E-state index is 14.6. The van der Waals surface area contributed by atoms with Gasteiger partial charge >= 0.3 is 0 Å². The number of carbonyl (C=O) groups is 1. The Bertz CT molecular complexity index is 1150. The lowest BCUT2D eigenvalue weighted by atomic mass is 9.84. The molecule has 1 aromatic heterocycles. The zero-order chi connectivity index (χ0) is 24.9. The van der Waals surface area contributed by atoms with E-state index in [1.807, 2.05) is 12.1 Å². The van der Waals surface area contributed by atoms with Gasteiger partial charge in [0, 0.05) is 25.2 Å². The van der Waals surface area contributed by atoms with Crippen LogP contribution >= 0.6 is 0 Å². The van der Waals surface area contributed by atoms with E-state index in [2.05, 4.69) is 4.90 Å². The predicted octanol–water partition coefficient (Wildman–Crippen LogP) is 5.04. The maximum absolute atomic E-state index is 14.6. The molecule has 1 atom stereocenters. The summed E-state index contributed by atoms with van der Waals surface area (Å²) < 4.78 is 25.4. The van der Waals surface area contributed by atoms with Crippen LogP contribution in [0.5, 0.6) is 11.5 Å². The monoisotopic (exact) mass is 480 g/mol. The molecule has 1 amide bonds. The van der Waals surface area contributed by atoms with E-state index in [1.165, 1.54) is 12.3 Å². The number of aryl methyl sites for hydroxylation is 1. The van der Waals surface area contributed by atoms with Crippen molar-refractivity contribution in [2.24, 2.45) is 5.92 Å². The molecule has 0 spiro atoms. The van der Waals surface area contributed by atoms with E-state index in [9.17, 15) is 14.3 Å². The SMILES string of the molecule is COc1cccc(O)c1CN1CCC([C@@H](Cc2ccccc2F)N(C)C(=O)c2ccoc2C)CC1. The van der Waals surface area contributed by atoms with Gasteiger partial charge in [-0.2, -0.15) is 0 Å². The number of aromatic hydroxyl groups is 1. The molecule has 1 fully saturated rings. The maximum Gasteiger partial charge on any atom is 0.257 e. The molecule has 0 unspecified atom stereocenters. The van der Waals surface area contributed by atoms with Crippen LogP contribution < -0.4 is 4.74 Å². The van der Waals surface area contributed by atoms with Crippen molar-refractivity contribution in [3.63, 3.8) is 0 Å². The van der Waals surface area contributed by atoms with Crippen molar-refractivity contribution in [1.82, 2.24) is 9.80 Å². The number of hydrogen-bond acceptors (Lipinski definition) is 5. The normalized spacial score (nSPS) is 15.7. The number of hydrogen-bond donors (Lipinski definition) is 1. The first-order valence-corrected chi connectivity index (χ1v) is 12.0. The van der Waals surface area contributed by atoms with Gasteiger partial charge in [0.25, 0.3) is 5.91 Å². The molecule has 1 aliphatic rings. The summed E-state index contributed by atoms with van der Waals surface area (Å²) in [6.45, 7) is 3.98. The topological polar surface area (TPSA) is 66.2 Å². The van der Waals surface area contributed by atoms with Crippen molar-refractivity contribution in [1.29, 1.82) is 0 Å². The second kappa shape index (κ2) is 11.0. The van der Waals surface area contributed by atoms with Gasteiger partial charge in [0.05, 0.1) is 18.9 Å². The van der Waals surface area contributed by atoms with Gasteiger partial charge < -0.3 is 19.2 Å². The highest BCUT2D eigenvalue weighted by atomic mass is 19.1. The Balaban J connectivity index is 1.51. The smallest absolute Gasteiger partial charge is 0.257 e. The number of carbonyl (C=O) groups excluding carboxylic acids is 1. The van der Waals surface area contributed by atoms with E-state index >= 15 is 0 Å². The van der Waals surface area contributed by atoms with Crippen molar-refractivity contribution in [3.05, 3.63) is 83.1 Å². The molecule has 1 aliphatic heterocycles. The average molecular weight is 481 g/mol. The molecular formula is C28H33FN2O4. The van der Waals surface area contributed by atoms with Gasteiger partial charge in [0.1, 0.15) is 23.1 Å². The van der Waals surface area contributed by atoms with Gasteiger partial charge in [0.2, 0.25) is 0 Å². The van der Waals surface area contributed by atoms with Gasteiger partial charge in [0.15, 0.2) is 0 Å². The Hall–Kier alpha value is -3.32. The Morgan fingerprint density at radius 2 is 1.94 bits per heavy atom. The number of phenolic OH excluding ortho intramolecular Hbond substituents is 1. The van der Waals surface area contributed by atoms with E-state index in [0.29, 0.717) is 35.6 Å². The Labute approximate surface area is 205 Å². The molecule has 0 radical (unpaired) electrons. The van der Waals surface area contributed by atoms with Crippen molar-refractivity contribution in [3.8, 4) is 11.5 Å². The molecule has 4 rings (SSSR count). The van der Waals surface area contributed by atoms with Crippen LogP contribution in [0.25, 0.3) is 0 Å². The summed E-state index contributed by atoms with van der Waals surface area (Å²) >= 11 is 0. The fourth-order valence-electron chi connectivity index (χ4n) is 5.08. The fourth-order valence-corrected chi connectivity index (χ4v) is 5.08. The van der Waals surface area contributed by atoms with E-state index in [4.69, 9.17) is 9.15 Å². The first kappa shape index (κ1) is 24.8. The molecule has 1 saturated heterocycles. The number of piperidine rings is 1. The van der Waals surface area contributed by atoms with Gasteiger partial charge in [-0.1, -0.05) is 24.3 Å². The summed E-state index contributed by atoms with van der Waals surface area (Å²) in [5.74, 6) is 1.33. The van der Waals surface area contributed by atoms with Crippen LogP contribution in [0.2, 0.25) is 0 Å². The van der Waals surface area contributed by atoms with Crippen molar-refractivity contribution < 1.29 is 23.4 Å². The number of phenols is 1. The number of likely N-dealkylation sites (N-methyl/N-ethyl adjacent to an activating group) is 1. The van der Waals surface area contributed by atoms with Crippen LogP contribution in [-0.4, -0.2) is 54.1 Å². The van der Waals surface area contributed by atoms with Crippen molar-refractivity contribution >= 4 is 5.91 Å². The third kappa shape index (κ3) is 5.51. The minimum absolute atomic E-state index is 0.112. The zero-order valence-electron chi connectivity index (χ0n) is 20.5. The Kier molecular flexibility index (Phi) is 7.76. The minimum atomic E-state index is -0.248. The molecule has 3 aromatic rings. The highest BCUT2D eigenvalue weighted by Crippen LogP contribution is 2.32. The second-order valence-corrected chi connectivity index (χ2v) is 9.24. The quantitative estimate of drug-likeness (QED) is 0.490. The highest BCUT2D eigenvalue weighted by Gasteiger charge is 2.33. The third-order valence-corrected chi connectivity index (χ3v) is 7.18. The molecule has 2 heterocycles. The Morgan fingerprint density at radius 3 is 2.60 bits per heavy atom. The number of amides is 1. The number of halogens is 1. The number of rotatable bonds is 8. The van der Waals surface area contributed by atoms with Crippen LogP contribution in [0.1, 0.15) is 40.1 Å².